The normalized spacial score (nSPS) is 6.67. The molecule has 0 aliphatic carbocycles. The molecule has 0 atom stereocenters. The van der Waals surface area contributed by atoms with Crippen molar-refractivity contribution in [3.05, 3.63) is 22.9 Å². The summed E-state index contributed by atoms with van der Waals surface area (Å²) in [7, 11) is 0. The van der Waals surface area contributed by atoms with Gasteiger partial charge in [0.05, 0.1) is 0 Å². The molecule has 0 aliphatic heterocycles. The summed E-state index contributed by atoms with van der Waals surface area (Å²) in [6.45, 7) is 0. The van der Waals surface area contributed by atoms with Gasteiger partial charge in [0.1, 0.15) is 0 Å². The van der Waals surface area contributed by atoms with Crippen LogP contribution in [0.5, 0.6) is 0 Å². The molecule has 0 aliphatic rings. The molecule has 1 rings (SSSR count). The van der Waals surface area contributed by atoms with Crippen molar-refractivity contribution in [3.8, 4) is 0 Å². The first-order valence-electron chi connectivity index (χ1n) is 1.47. The van der Waals surface area contributed by atoms with Crippen LogP contribution in [0.25, 0.3) is 0 Å². The third kappa shape index (κ3) is 1.61. The van der Waals surface area contributed by atoms with Crippen molar-refractivity contribution >= 4 is 11.3 Å². The van der Waals surface area contributed by atoms with Crippen LogP contribution in [0, 0.1) is 0 Å². The summed E-state index contributed by atoms with van der Waals surface area (Å²) in [5, 5.41) is 4.08. The Bertz CT molecular complexity index is 64.0. The fourth-order valence-corrected chi connectivity index (χ4v) is 0.680. The Morgan fingerprint density at radius 1 is 1.00 bits per heavy atom. The summed E-state index contributed by atoms with van der Waals surface area (Å²) in [5.74, 6) is 0. The van der Waals surface area contributed by atoms with Crippen LogP contribution < -0.4 is 0 Å². The Morgan fingerprint density at radius 2 is 1.50 bits per heavy atom. The Morgan fingerprint density at radius 3 is 1.67 bits per heavy atom. The maximum absolute atomic E-state index is 2.04. The van der Waals surface area contributed by atoms with E-state index >= 15 is 0 Å². The maximum Gasteiger partial charge on any atom is 1.00 e. The molecule has 1 aromatic rings. The van der Waals surface area contributed by atoms with E-state index in [1.807, 2.05) is 22.9 Å². The van der Waals surface area contributed by atoms with Gasteiger partial charge >= 0.3 is 17.1 Å². The van der Waals surface area contributed by atoms with Gasteiger partial charge in [0.25, 0.3) is 0 Å². The first-order chi connectivity index (χ1) is 2.50. The molecule has 6 heavy (non-hydrogen) atoms. The largest absolute Gasteiger partial charge is 1.00 e. The minimum absolute atomic E-state index is 0. The van der Waals surface area contributed by atoms with E-state index in [0.717, 1.165) is 0 Å². The minimum Gasteiger partial charge on any atom is -0.152 e. The molecule has 0 nitrogen and oxygen atoms in total. The van der Waals surface area contributed by atoms with Crippen LogP contribution in [-0.4, -0.2) is 0 Å². The van der Waals surface area contributed by atoms with Gasteiger partial charge in [-0.15, -0.1) is 0 Å². The van der Waals surface area contributed by atoms with E-state index in [1.54, 1.807) is 11.3 Å². The van der Waals surface area contributed by atoms with Gasteiger partial charge in [0.15, 0.2) is 0 Å². The number of rotatable bonds is 0. The van der Waals surface area contributed by atoms with E-state index in [9.17, 15) is 0 Å². The molecule has 0 radical (unpaired) electrons. The van der Waals surface area contributed by atoms with Gasteiger partial charge in [-0.25, -0.2) is 0 Å². The third-order valence-electron chi connectivity index (χ3n) is 0.425. The van der Waals surface area contributed by atoms with Crippen LogP contribution in [0.3, 0.4) is 0 Å². The second kappa shape index (κ2) is 3.41. The predicted molar refractivity (Wildman–Crippen MR) is 24.3 cm³/mol. The van der Waals surface area contributed by atoms with E-state index in [1.165, 1.54) is 0 Å². The van der Waals surface area contributed by atoms with Crippen molar-refractivity contribution in [2.75, 3.05) is 0 Å². The van der Waals surface area contributed by atoms with Crippen LogP contribution in [0.1, 0.15) is 0 Å². The summed E-state index contributed by atoms with van der Waals surface area (Å²) in [6.07, 6.45) is 0. The van der Waals surface area contributed by atoms with Crippen molar-refractivity contribution in [3.63, 3.8) is 0 Å². The summed E-state index contributed by atoms with van der Waals surface area (Å²) in [6, 6.07) is 4.04. The Balaban J connectivity index is 0.000000250. The average Bonchev–Trinajstić information content (AvgIpc) is 1.76. The van der Waals surface area contributed by atoms with Crippen LogP contribution in [0.4, 0.5) is 0 Å². The molecule has 0 aromatic carbocycles. The number of hydrogen-bond donors (Lipinski definition) is 0. The van der Waals surface area contributed by atoms with E-state index in [-0.39, 0.29) is 17.1 Å². The fourth-order valence-electron chi connectivity index (χ4n) is 0.227. The zero-order valence-corrected chi connectivity index (χ0v) is 4.78. The van der Waals surface area contributed by atoms with Gasteiger partial charge in [0, 0.05) is 0 Å². The molecular weight excluding hydrogens is 144 g/mol. The van der Waals surface area contributed by atoms with Crippen LogP contribution in [0.2, 0.25) is 0 Å². The molecule has 1 aromatic heterocycles. The van der Waals surface area contributed by atoms with Crippen molar-refractivity contribution in [1.82, 2.24) is 0 Å². The summed E-state index contributed by atoms with van der Waals surface area (Å²) in [5.41, 5.74) is 0. The number of thiophene rings is 1. The van der Waals surface area contributed by atoms with Gasteiger partial charge in [-0.3, -0.25) is 0 Å². The van der Waals surface area contributed by atoms with Gasteiger partial charge in [-0.1, -0.05) is 12.1 Å². The van der Waals surface area contributed by atoms with Crippen molar-refractivity contribution in [2.24, 2.45) is 0 Å². The van der Waals surface area contributed by atoms with Crippen LogP contribution in [0.15, 0.2) is 22.9 Å². The Labute approximate surface area is 51.7 Å². The Kier molecular flexibility index (Phi) is 3.54. The molecule has 2 heteroatoms. The van der Waals surface area contributed by atoms with Crippen LogP contribution in [-0.2, 0) is 17.1 Å². The van der Waals surface area contributed by atoms with Crippen molar-refractivity contribution in [2.45, 2.75) is 0 Å². The quantitative estimate of drug-likeness (QED) is 0.491. The molecule has 1 heterocycles. The van der Waals surface area contributed by atoms with Gasteiger partial charge in [-0.05, 0) is 10.8 Å². The first-order valence-corrected chi connectivity index (χ1v) is 2.41. The van der Waals surface area contributed by atoms with E-state index in [4.69, 9.17) is 0 Å². The van der Waals surface area contributed by atoms with Gasteiger partial charge < -0.3 is 0 Å². The smallest absolute Gasteiger partial charge is 0.152 e. The monoisotopic (exact) mass is 147 g/mol. The molecular formula is C4H4CuS+. The zero-order chi connectivity index (χ0) is 3.54. The molecule has 0 saturated heterocycles. The van der Waals surface area contributed by atoms with Crippen molar-refractivity contribution < 1.29 is 17.1 Å². The number of hydrogen-bond acceptors (Lipinski definition) is 1. The van der Waals surface area contributed by atoms with Gasteiger partial charge in [0.2, 0.25) is 0 Å². The second-order valence-electron chi connectivity index (χ2n) is 0.793. The predicted octanol–water partition coefficient (Wildman–Crippen LogP) is 1.75. The van der Waals surface area contributed by atoms with E-state index in [2.05, 4.69) is 0 Å². The fraction of sp³-hybridized carbons (Fsp3) is 0. The summed E-state index contributed by atoms with van der Waals surface area (Å²) < 4.78 is 0. The standard InChI is InChI=1S/C4H4S.Cu/c1-2-4-5-3-1;/h1-4H;/q;+1. The molecule has 0 saturated carbocycles. The molecule has 0 spiro atoms. The summed E-state index contributed by atoms with van der Waals surface area (Å²) >= 11 is 1.71. The van der Waals surface area contributed by atoms with Crippen LogP contribution >= 0.6 is 11.3 Å². The molecule has 0 N–H and O–H groups in total. The van der Waals surface area contributed by atoms with E-state index in [0.29, 0.717) is 0 Å². The maximum atomic E-state index is 2.04. The van der Waals surface area contributed by atoms with Gasteiger partial charge in [-0.2, -0.15) is 11.3 Å². The molecule has 0 fully saturated rings. The molecule has 36 valence electrons. The van der Waals surface area contributed by atoms with Crippen molar-refractivity contribution in [1.29, 1.82) is 0 Å². The second-order valence-corrected chi connectivity index (χ2v) is 1.61. The third-order valence-corrected chi connectivity index (χ3v) is 1.05. The Hall–Kier alpha value is 0.219. The average molecular weight is 148 g/mol. The summed E-state index contributed by atoms with van der Waals surface area (Å²) in [4.78, 5) is 0. The first kappa shape index (κ1) is 6.22. The topological polar surface area (TPSA) is 0 Å². The van der Waals surface area contributed by atoms with E-state index < -0.39 is 0 Å². The minimum atomic E-state index is 0. The molecule has 0 amide bonds. The molecule has 0 bridgehead atoms. The zero-order valence-electron chi connectivity index (χ0n) is 3.02. The molecule has 0 unspecified atom stereocenters. The SMILES string of the molecule is [Cu+].c1ccsc1.